The number of hydrogen-bond donors (Lipinski definition) is 1. The third kappa shape index (κ3) is 3.35. The first-order valence-electron chi connectivity index (χ1n) is 5.38. The monoisotopic (exact) mass is 205 g/mol. The summed E-state index contributed by atoms with van der Waals surface area (Å²) in [5.74, 6) is 0.955. The lowest BCUT2D eigenvalue weighted by Gasteiger charge is -2.25. The zero-order valence-corrected chi connectivity index (χ0v) is 9.70. The third-order valence-electron chi connectivity index (χ3n) is 2.35. The molecule has 0 aliphatic rings. The van der Waals surface area contributed by atoms with Gasteiger partial charge in [-0.3, -0.25) is 10.4 Å². The summed E-state index contributed by atoms with van der Waals surface area (Å²) in [6.45, 7) is 7.74. The maximum Gasteiger partial charge on any atom is 0.0987 e. The van der Waals surface area contributed by atoms with Crippen LogP contribution in [-0.2, 0) is 6.54 Å². The number of rotatable bonds is 4. The Morgan fingerprint density at radius 1 is 1.47 bits per heavy atom. The molecule has 0 amide bonds. The van der Waals surface area contributed by atoms with Gasteiger partial charge in [0.25, 0.3) is 0 Å². The Morgan fingerprint density at radius 2 is 2.20 bits per heavy atom. The second-order valence-corrected chi connectivity index (χ2v) is 3.88. The molecule has 0 spiro atoms. The van der Waals surface area contributed by atoms with Crippen molar-refractivity contribution in [1.82, 2.24) is 9.88 Å². The molecule has 15 heavy (non-hydrogen) atoms. The molecular formula is C12H19N3. The van der Waals surface area contributed by atoms with Crippen LogP contribution < -0.4 is 0 Å². The van der Waals surface area contributed by atoms with Crippen molar-refractivity contribution in [3.8, 4) is 0 Å². The van der Waals surface area contributed by atoms with Crippen molar-refractivity contribution in [3.63, 3.8) is 0 Å². The summed E-state index contributed by atoms with van der Waals surface area (Å²) in [5.41, 5.74) is 1.02. The summed E-state index contributed by atoms with van der Waals surface area (Å²) in [6.07, 6.45) is 1.79. The highest BCUT2D eigenvalue weighted by Crippen LogP contribution is 2.06. The van der Waals surface area contributed by atoms with Crippen molar-refractivity contribution in [1.29, 1.82) is 5.41 Å². The van der Waals surface area contributed by atoms with Crippen LogP contribution in [0.1, 0.15) is 26.5 Å². The normalized spacial score (nSPS) is 10.4. The van der Waals surface area contributed by atoms with Gasteiger partial charge in [-0.1, -0.05) is 19.9 Å². The van der Waals surface area contributed by atoms with E-state index in [0.717, 1.165) is 18.8 Å². The second kappa shape index (κ2) is 5.49. The van der Waals surface area contributed by atoms with Gasteiger partial charge in [0.05, 0.1) is 18.1 Å². The van der Waals surface area contributed by atoms with E-state index >= 15 is 0 Å². The predicted molar refractivity (Wildman–Crippen MR) is 62.9 cm³/mol. The fourth-order valence-electron chi connectivity index (χ4n) is 1.42. The third-order valence-corrected chi connectivity index (χ3v) is 2.35. The summed E-state index contributed by atoms with van der Waals surface area (Å²) < 4.78 is 0. The molecular weight excluding hydrogens is 186 g/mol. The van der Waals surface area contributed by atoms with Crippen LogP contribution in [0, 0.1) is 11.3 Å². The lowest BCUT2D eigenvalue weighted by molar-refractivity contribution is 0.405. The van der Waals surface area contributed by atoms with Gasteiger partial charge in [-0.25, -0.2) is 0 Å². The molecule has 0 aliphatic carbocycles. The fourth-order valence-corrected chi connectivity index (χ4v) is 1.42. The fraction of sp³-hybridized carbons (Fsp3) is 0.500. The topological polar surface area (TPSA) is 40.0 Å². The van der Waals surface area contributed by atoms with E-state index in [4.69, 9.17) is 5.41 Å². The molecule has 0 saturated carbocycles. The predicted octanol–water partition coefficient (Wildman–Crippen LogP) is 2.54. The molecule has 0 radical (unpaired) electrons. The van der Waals surface area contributed by atoms with E-state index in [1.165, 1.54) is 0 Å². The summed E-state index contributed by atoms with van der Waals surface area (Å²) >= 11 is 0. The van der Waals surface area contributed by atoms with E-state index in [1.54, 1.807) is 6.20 Å². The molecule has 1 rings (SSSR count). The van der Waals surface area contributed by atoms with Gasteiger partial charge in [-0.05, 0) is 19.1 Å². The highest BCUT2D eigenvalue weighted by molar-refractivity contribution is 5.80. The Bertz CT molecular complexity index is 306. The summed E-state index contributed by atoms with van der Waals surface area (Å²) in [6, 6.07) is 5.89. The molecule has 3 heteroatoms. The van der Waals surface area contributed by atoms with Crippen molar-refractivity contribution < 1.29 is 0 Å². The molecule has 0 atom stereocenters. The molecule has 1 heterocycles. The zero-order valence-electron chi connectivity index (χ0n) is 9.70. The Labute approximate surface area is 91.7 Å². The standard InChI is InChI=1S/C12H19N3/c1-4-15(12(13)10(2)3)9-11-7-5-6-8-14-11/h5-8,10,13H,4,9H2,1-3H3. The highest BCUT2D eigenvalue weighted by Gasteiger charge is 2.11. The van der Waals surface area contributed by atoms with E-state index in [1.807, 2.05) is 36.9 Å². The number of pyridine rings is 1. The smallest absolute Gasteiger partial charge is 0.0987 e. The Balaban J connectivity index is 2.66. The Kier molecular flexibility index (Phi) is 4.28. The molecule has 0 bridgehead atoms. The first-order chi connectivity index (χ1) is 7.15. The summed E-state index contributed by atoms with van der Waals surface area (Å²) in [5, 5.41) is 7.95. The van der Waals surface area contributed by atoms with Crippen LogP contribution >= 0.6 is 0 Å². The van der Waals surface area contributed by atoms with Crippen LogP contribution in [0.2, 0.25) is 0 Å². The van der Waals surface area contributed by atoms with Crippen molar-refractivity contribution in [2.24, 2.45) is 5.92 Å². The van der Waals surface area contributed by atoms with Crippen LogP contribution in [-0.4, -0.2) is 22.3 Å². The van der Waals surface area contributed by atoms with Crippen LogP contribution in [0.5, 0.6) is 0 Å². The minimum atomic E-state index is 0.272. The minimum Gasteiger partial charge on any atom is -0.355 e. The van der Waals surface area contributed by atoms with Gasteiger partial charge < -0.3 is 4.90 Å². The number of nitrogens with one attached hydrogen (secondary N) is 1. The van der Waals surface area contributed by atoms with Gasteiger partial charge in [0.15, 0.2) is 0 Å². The van der Waals surface area contributed by atoms with Gasteiger partial charge in [0.2, 0.25) is 0 Å². The van der Waals surface area contributed by atoms with Gasteiger partial charge in [-0.2, -0.15) is 0 Å². The maximum absolute atomic E-state index is 7.95. The SMILES string of the molecule is CCN(Cc1ccccn1)C(=N)C(C)C. The molecule has 1 aromatic heterocycles. The van der Waals surface area contributed by atoms with Gasteiger partial charge in [-0.15, -0.1) is 0 Å². The number of hydrogen-bond acceptors (Lipinski definition) is 2. The second-order valence-electron chi connectivity index (χ2n) is 3.88. The van der Waals surface area contributed by atoms with Crippen LogP contribution in [0.15, 0.2) is 24.4 Å². The lowest BCUT2D eigenvalue weighted by Crippen LogP contribution is -2.33. The molecule has 82 valence electrons. The van der Waals surface area contributed by atoms with Crippen molar-refractivity contribution in [3.05, 3.63) is 30.1 Å². The Hall–Kier alpha value is -1.38. The Morgan fingerprint density at radius 3 is 2.67 bits per heavy atom. The van der Waals surface area contributed by atoms with Crippen molar-refractivity contribution >= 4 is 5.84 Å². The van der Waals surface area contributed by atoms with Crippen LogP contribution in [0.3, 0.4) is 0 Å². The zero-order chi connectivity index (χ0) is 11.3. The molecule has 0 fully saturated rings. The number of aromatic nitrogens is 1. The molecule has 3 nitrogen and oxygen atoms in total. The van der Waals surface area contributed by atoms with E-state index in [0.29, 0.717) is 5.84 Å². The average molecular weight is 205 g/mol. The van der Waals surface area contributed by atoms with Crippen LogP contribution in [0.25, 0.3) is 0 Å². The molecule has 0 unspecified atom stereocenters. The van der Waals surface area contributed by atoms with Gasteiger partial charge >= 0.3 is 0 Å². The van der Waals surface area contributed by atoms with E-state index in [9.17, 15) is 0 Å². The van der Waals surface area contributed by atoms with E-state index in [-0.39, 0.29) is 5.92 Å². The van der Waals surface area contributed by atoms with Gasteiger partial charge in [0.1, 0.15) is 0 Å². The minimum absolute atomic E-state index is 0.272. The van der Waals surface area contributed by atoms with E-state index in [2.05, 4.69) is 11.9 Å². The van der Waals surface area contributed by atoms with Crippen molar-refractivity contribution in [2.45, 2.75) is 27.3 Å². The quantitative estimate of drug-likeness (QED) is 0.606. The van der Waals surface area contributed by atoms with Crippen molar-refractivity contribution in [2.75, 3.05) is 6.54 Å². The molecule has 1 aromatic rings. The molecule has 1 N–H and O–H groups in total. The molecule has 0 aliphatic heterocycles. The number of nitrogens with zero attached hydrogens (tertiary/aromatic N) is 2. The highest BCUT2D eigenvalue weighted by atomic mass is 15.2. The average Bonchev–Trinajstić information content (AvgIpc) is 2.26. The molecule has 0 aromatic carbocycles. The molecule has 0 saturated heterocycles. The van der Waals surface area contributed by atoms with Crippen LogP contribution in [0.4, 0.5) is 0 Å². The maximum atomic E-state index is 7.95. The summed E-state index contributed by atoms with van der Waals surface area (Å²) in [4.78, 5) is 6.32. The first-order valence-corrected chi connectivity index (χ1v) is 5.38. The van der Waals surface area contributed by atoms with Gasteiger partial charge in [0, 0.05) is 18.7 Å². The first kappa shape index (κ1) is 11.7. The van der Waals surface area contributed by atoms with E-state index < -0.39 is 0 Å². The largest absolute Gasteiger partial charge is 0.355 e. The number of amidine groups is 1. The lowest BCUT2D eigenvalue weighted by atomic mass is 10.1. The summed E-state index contributed by atoms with van der Waals surface area (Å²) in [7, 11) is 0.